The summed E-state index contributed by atoms with van der Waals surface area (Å²) in [7, 11) is 0. The molecule has 6 nitrogen and oxygen atoms in total. The van der Waals surface area contributed by atoms with Gasteiger partial charge in [-0.15, -0.1) is 11.3 Å². The number of anilines is 1. The van der Waals surface area contributed by atoms with Gasteiger partial charge >= 0.3 is 0 Å². The molecule has 112 valence electrons. The molecule has 2 aromatic heterocycles. The molecule has 0 aliphatic carbocycles. The Hall–Kier alpha value is -2.02. The summed E-state index contributed by atoms with van der Waals surface area (Å²) in [5.74, 6) is 0.432. The number of aryl methyl sites for hydroxylation is 1. The van der Waals surface area contributed by atoms with Crippen LogP contribution in [0.15, 0.2) is 17.8 Å². The average molecular weight is 305 g/mol. The van der Waals surface area contributed by atoms with Crippen LogP contribution in [0, 0.1) is 6.92 Å². The van der Waals surface area contributed by atoms with Crippen LogP contribution < -0.4 is 10.6 Å². The fourth-order valence-electron chi connectivity index (χ4n) is 1.69. The normalized spacial score (nSPS) is 12.0. The largest absolute Gasteiger partial charge is 0.369 e. The molecule has 0 radical (unpaired) electrons. The van der Waals surface area contributed by atoms with E-state index in [1.807, 2.05) is 19.2 Å². The van der Waals surface area contributed by atoms with E-state index in [1.165, 1.54) is 17.5 Å². The highest BCUT2D eigenvalue weighted by Gasteiger charge is 2.15. The van der Waals surface area contributed by atoms with Crippen LogP contribution in [0.25, 0.3) is 0 Å². The lowest BCUT2D eigenvalue weighted by Crippen LogP contribution is -2.27. The Morgan fingerprint density at radius 1 is 1.38 bits per heavy atom. The van der Waals surface area contributed by atoms with Crippen LogP contribution >= 0.6 is 11.3 Å². The van der Waals surface area contributed by atoms with E-state index in [0.717, 1.165) is 23.7 Å². The summed E-state index contributed by atoms with van der Waals surface area (Å²) in [6.45, 7) is 6.74. The van der Waals surface area contributed by atoms with Crippen molar-refractivity contribution < 1.29 is 4.79 Å². The summed E-state index contributed by atoms with van der Waals surface area (Å²) in [5.41, 5.74) is 1.26. The highest BCUT2D eigenvalue weighted by Crippen LogP contribution is 2.17. The van der Waals surface area contributed by atoms with Crippen molar-refractivity contribution >= 4 is 23.1 Å². The number of nitrogens with one attached hydrogen (secondary N) is 2. The number of hydrogen-bond donors (Lipinski definition) is 2. The van der Waals surface area contributed by atoms with E-state index in [-0.39, 0.29) is 11.9 Å². The fourth-order valence-corrected chi connectivity index (χ4v) is 2.50. The Morgan fingerprint density at radius 3 is 2.76 bits per heavy atom. The maximum Gasteiger partial charge on any atom is 0.272 e. The van der Waals surface area contributed by atoms with E-state index in [4.69, 9.17) is 0 Å². The van der Waals surface area contributed by atoms with Gasteiger partial charge < -0.3 is 10.6 Å². The average Bonchev–Trinajstić information content (AvgIpc) is 2.92. The van der Waals surface area contributed by atoms with Crippen molar-refractivity contribution in [2.75, 3.05) is 11.9 Å². The standard InChI is InChI=1S/C14H19N5OS/c1-4-5-15-12-7-16-11(6-17-12)13(20)19-10(3)14-18-9(2)8-21-14/h6-8,10H,4-5H2,1-3H3,(H,15,17)(H,19,20). The lowest BCUT2D eigenvalue weighted by molar-refractivity contribution is 0.0934. The molecule has 0 aliphatic heterocycles. The molecular formula is C14H19N5OS. The van der Waals surface area contributed by atoms with Crippen molar-refractivity contribution in [1.29, 1.82) is 0 Å². The summed E-state index contributed by atoms with van der Waals surface area (Å²) in [6, 6.07) is -0.143. The van der Waals surface area contributed by atoms with Crippen LogP contribution in [0.3, 0.4) is 0 Å². The van der Waals surface area contributed by atoms with Gasteiger partial charge in [-0.25, -0.2) is 15.0 Å². The summed E-state index contributed by atoms with van der Waals surface area (Å²) in [4.78, 5) is 24.8. The number of hydrogen-bond acceptors (Lipinski definition) is 6. The van der Waals surface area contributed by atoms with Crippen LogP contribution in [-0.2, 0) is 0 Å². The minimum Gasteiger partial charge on any atom is -0.369 e. The zero-order valence-electron chi connectivity index (χ0n) is 12.4. The van der Waals surface area contributed by atoms with Gasteiger partial charge in [0.1, 0.15) is 16.5 Å². The third-order valence-corrected chi connectivity index (χ3v) is 3.94. The van der Waals surface area contributed by atoms with Gasteiger partial charge in [-0.05, 0) is 20.3 Å². The predicted molar refractivity (Wildman–Crippen MR) is 83.5 cm³/mol. The molecule has 0 bridgehead atoms. The van der Waals surface area contributed by atoms with Crippen molar-refractivity contribution in [2.24, 2.45) is 0 Å². The molecule has 2 N–H and O–H groups in total. The van der Waals surface area contributed by atoms with E-state index in [9.17, 15) is 4.79 Å². The van der Waals surface area contributed by atoms with Crippen molar-refractivity contribution in [3.8, 4) is 0 Å². The monoisotopic (exact) mass is 305 g/mol. The first-order chi connectivity index (χ1) is 10.1. The molecule has 0 saturated carbocycles. The molecule has 1 atom stereocenters. The second-order valence-corrected chi connectivity index (χ2v) is 5.63. The van der Waals surface area contributed by atoms with Crippen molar-refractivity contribution in [3.05, 3.63) is 34.2 Å². The van der Waals surface area contributed by atoms with Crippen LogP contribution in [0.5, 0.6) is 0 Å². The number of rotatable bonds is 6. The molecule has 0 saturated heterocycles. The van der Waals surface area contributed by atoms with Gasteiger partial charge in [-0.2, -0.15) is 0 Å². The zero-order chi connectivity index (χ0) is 15.2. The number of carbonyl (C=O) groups excluding carboxylic acids is 1. The smallest absolute Gasteiger partial charge is 0.272 e. The lowest BCUT2D eigenvalue weighted by atomic mass is 10.3. The first-order valence-electron chi connectivity index (χ1n) is 6.89. The third kappa shape index (κ3) is 4.22. The maximum atomic E-state index is 12.1. The predicted octanol–water partition coefficient (Wildman–Crippen LogP) is 2.55. The minimum atomic E-state index is -0.245. The fraction of sp³-hybridized carbons (Fsp3) is 0.429. The van der Waals surface area contributed by atoms with Crippen molar-refractivity contribution in [1.82, 2.24) is 20.3 Å². The van der Waals surface area contributed by atoms with Gasteiger partial charge in [-0.3, -0.25) is 4.79 Å². The summed E-state index contributed by atoms with van der Waals surface area (Å²) in [5, 5.41) is 8.84. The van der Waals surface area contributed by atoms with Crippen LogP contribution in [-0.4, -0.2) is 27.4 Å². The van der Waals surface area contributed by atoms with E-state index < -0.39 is 0 Å². The third-order valence-electron chi connectivity index (χ3n) is 2.80. The Balaban J connectivity index is 1.96. The van der Waals surface area contributed by atoms with Gasteiger partial charge in [0, 0.05) is 17.6 Å². The Labute approximate surface area is 128 Å². The minimum absolute atomic E-state index is 0.143. The molecule has 21 heavy (non-hydrogen) atoms. The SMILES string of the molecule is CCCNc1cnc(C(=O)NC(C)c2nc(C)cs2)cn1. The van der Waals surface area contributed by atoms with E-state index in [2.05, 4.69) is 32.5 Å². The van der Waals surface area contributed by atoms with Gasteiger partial charge in [0.2, 0.25) is 0 Å². The molecule has 0 spiro atoms. The number of thiazole rings is 1. The van der Waals surface area contributed by atoms with Gasteiger partial charge in [0.05, 0.1) is 18.4 Å². The van der Waals surface area contributed by atoms with E-state index in [1.54, 1.807) is 6.20 Å². The number of amides is 1. The van der Waals surface area contributed by atoms with E-state index >= 15 is 0 Å². The Kier molecular flexibility index (Phi) is 5.21. The summed E-state index contributed by atoms with van der Waals surface area (Å²) in [6.07, 6.45) is 4.06. The highest BCUT2D eigenvalue weighted by atomic mass is 32.1. The molecular weight excluding hydrogens is 286 g/mol. The van der Waals surface area contributed by atoms with Gasteiger partial charge in [0.25, 0.3) is 5.91 Å². The zero-order valence-corrected chi connectivity index (χ0v) is 13.2. The van der Waals surface area contributed by atoms with Crippen LogP contribution in [0.4, 0.5) is 5.82 Å². The van der Waals surface area contributed by atoms with Crippen LogP contribution in [0.2, 0.25) is 0 Å². The highest BCUT2D eigenvalue weighted by molar-refractivity contribution is 7.09. The van der Waals surface area contributed by atoms with Gasteiger partial charge in [0.15, 0.2) is 0 Å². The molecule has 2 aromatic rings. The van der Waals surface area contributed by atoms with Crippen LogP contribution in [0.1, 0.15) is 47.5 Å². The lowest BCUT2D eigenvalue weighted by Gasteiger charge is -2.11. The Bertz CT molecular complexity index is 596. The Morgan fingerprint density at radius 2 is 2.19 bits per heavy atom. The number of aromatic nitrogens is 3. The molecule has 2 heterocycles. The van der Waals surface area contributed by atoms with Crippen molar-refractivity contribution in [3.63, 3.8) is 0 Å². The van der Waals surface area contributed by atoms with E-state index in [0.29, 0.717) is 11.5 Å². The first-order valence-corrected chi connectivity index (χ1v) is 7.77. The quantitative estimate of drug-likeness (QED) is 0.857. The summed E-state index contributed by atoms with van der Waals surface area (Å²) < 4.78 is 0. The second kappa shape index (κ2) is 7.12. The van der Waals surface area contributed by atoms with Crippen molar-refractivity contribution in [2.45, 2.75) is 33.2 Å². The first kappa shape index (κ1) is 15.4. The number of nitrogens with zero attached hydrogens (tertiary/aromatic N) is 3. The summed E-state index contributed by atoms with van der Waals surface area (Å²) >= 11 is 1.53. The number of carbonyl (C=O) groups is 1. The topological polar surface area (TPSA) is 79.8 Å². The maximum absolute atomic E-state index is 12.1. The molecule has 2 rings (SSSR count). The molecule has 1 unspecified atom stereocenters. The molecule has 0 fully saturated rings. The van der Waals surface area contributed by atoms with Gasteiger partial charge in [-0.1, -0.05) is 6.92 Å². The molecule has 0 aliphatic rings. The second-order valence-electron chi connectivity index (χ2n) is 4.74. The molecule has 7 heteroatoms. The molecule has 1 amide bonds. The molecule has 0 aromatic carbocycles.